The number of methoxy groups -OCH3 is 1. The predicted octanol–water partition coefficient (Wildman–Crippen LogP) is 3.19. The average molecular weight is 419 g/mol. The number of hydrogen-bond donors (Lipinski definition) is 1. The van der Waals surface area contributed by atoms with Gasteiger partial charge in [0.05, 0.1) is 24.6 Å². The van der Waals surface area contributed by atoms with E-state index in [-0.39, 0.29) is 0 Å². The molecule has 0 aliphatic heterocycles. The first kappa shape index (κ1) is 22.4. The maximum Gasteiger partial charge on any atom is 0.338 e. The number of carbonyl (C=O) groups is 2. The maximum absolute atomic E-state index is 12.9. The number of amides is 1. The van der Waals surface area contributed by atoms with E-state index in [1.165, 1.54) is 14.0 Å². The Balaban J connectivity index is 2.41. The highest BCUT2D eigenvalue weighted by Gasteiger charge is 2.30. The highest BCUT2D eigenvalue weighted by molar-refractivity contribution is 7.92. The molecule has 0 spiro atoms. The summed E-state index contributed by atoms with van der Waals surface area (Å²) in [6, 6.07) is 9.30. The van der Waals surface area contributed by atoms with E-state index >= 15 is 0 Å². The van der Waals surface area contributed by atoms with E-state index in [1.54, 1.807) is 38.1 Å². The molecule has 0 aliphatic carbocycles. The van der Waals surface area contributed by atoms with E-state index in [4.69, 9.17) is 4.74 Å². The summed E-state index contributed by atoms with van der Waals surface area (Å²) in [5.41, 5.74) is 3.36. The van der Waals surface area contributed by atoms with Crippen LogP contribution in [-0.2, 0) is 19.6 Å². The van der Waals surface area contributed by atoms with E-state index < -0.39 is 27.9 Å². The van der Waals surface area contributed by atoms with Crippen molar-refractivity contribution in [3.63, 3.8) is 0 Å². The molecule has 0 saturated carbocycles. The second-order valence-electron chi connectivity index (χ2n) is 6.98. The number of esters is 1. The molecule has 2 rings (SSSR count). The third-order valence-electron chi connectivity index (χ3n) is 4.69. The van der Waals surface area contributed by atoms with Crippen molar-refractivity contribution in [2.45, 2.75) is 33.7 Å². The molecule has 7 nitrogen and oxygen atoms in total. The van der Waals surface area contributed by atoms with E-state index in [0.29, 0.717) is 22.5 Å². The van der Waals surface area contributed by atoms with Crippen LogP contribution in [0.2, 0.25) is 0 Å². The first-order chi connectivity index (χ1) is 13.5. The third kappa shape index (κ3) is 4.95. The van der Waals surface area contributed by atoms with Crippen molar-refractivity contribution in [2.75, 3.05) is 23.0 Å². The second-order valence-corrected chi connectivity index (χ2v) is 8.84. The summed E-state index contributed by atoms with van der Waals surface area (Å²) in [4.78, 5) is 24.8. The van der Waals surface area contributed by atoms with Crippen molar-refractivity contribution in [3.05, 3.63) is 58.7 Å². The summed E-state index contributed by atoms with van der Waals surface area (Å²) in [7, 11) is -2.45. The number of nitrogens with one attached hydrogen (secondary N) is 1. The summed E-state index contributed by atoms with van der Waals surface area (Å²) >= 11 is 0. The lowest BCUT2D eigenvalue weighted by Crippen LogP contribution is -2.45. The van der Waals surface area contributed by atoms with Crippen LogP contribution in [0.15, 0.2) is 36.4 Å². The van der Waals surface area contributed by atoms with Crippen LogP contribution < -0.4 is 9.62 Å². The molecule has 156 valence electrons. The Morgan fingerprint density at radius 2 is 1.76 bits per heavy atom. The van der Waals surface area contributed by atoms with Crippen molar-refractivity contribution in [2.24, 2.45) is 0 Å². The van der Waals surface area contributed by atoms with Gasteiger partial charge in [-0.1, -0.05) is 18.2 Å². The molecule has 1 amide bonds. The number of carbonyl (C=O) groups excluding carboxylic acids is 2. The van der Waals surface area contributed by atoms with Crippen LogP contribution in [-0.4, -0.2) is 39.7 Å². The number of sulfonamides is 1. The molecule has 0 radical (unpaired) electrons. The Bertz CT molecular complexity index is 1050. The van der Waals surface area contributed by atoms with Crippen molar-refractivity contribution in [1.82, 2.24) is 0 Å². The summed E-state index contributed by atoms with van der Waals surface area (Å²) in [6.45, 7) is 6.86. The number of aryl methyl sites for hydroxylation is 2. The molecule has 0 aliphatic rings. The number of nitrogens with zero attached hydrogens (tertiary/aromatic N) is 1. The Morgan fingerprint density at radius 3 is 2.34 bits per heavy atom. The van der Waals surface area contributed by atoms with E-state index in [9.17, 15) is 18.0 Å². The van der Waals surface area contributed by atoms with Gasteiger partial charge in [-0.25, -0.2) is 13.2 Å². The highest BCUT2D eigenvalue weighted by atomic mass is 32.2. The minimum atomic E-state index is -3.73. The number of benzene rings is 2. The van der Waals surface area contributed by atoms with Crippen molar-refractivity contribution < 1.29 is 22.7 Å². The zero-order chi connectivity index (χ0) is 21.9. The Hall–Kier alpha value is -2.87. The van der Waals surface area contributed by atoms with Gasteiger partial charge in [-0.05, 0) is 62.6 Å². The lowest BCUT2D eigenvalue weighted by atomic mass is 10.1. The van der Waals surface area contributed by atoms with Gasteiger partial charge in [-0.2, -0.15) is 0 Å². The van der Waals surface area contributed by atoms with Gasteiger partial charge in [-0.3, -0.25) is 9.10 Å². The molecule has 0 aromatic heterocycles. The first-order valence-electron chi connectivity index (χ1n) is 9.02. The van der Waals surface area contributed by atoms with Gasteiger partial charge < -0.3 is 10.1 Å². The predicted molar refractivity (Wildman–Crippen MR) is 114 cm³/mol. The minimum absolute atomic E-state index is 0.326. The van der Waals surface area contributed by atoms with Crippen molar-refractivity contribution >= 4 is 33.3 Å². The lowest BCUT2D eigenvalue weighted by Gasteiger charge is -2.30. The Kier molecular flexibility index (Phi) is 6.69. The highest BCUT2D eigenvalue weighted by Crippen LogP contribution is 2.27. The molecule has 2 aromatic carbocycles. The summed E-state index contributed by atoms with van der Waals surface area (Å²) in [6.07, 6.45) is 1.07. The van der Waals surface area contributed by atoms with Gasteiger partial charge in [-0.15, -0.1) is 0 Å². The quantitative estimate of drug-likeness (QED) is 0.727. The van der Waals surface area contributed by atoms with E-state index in [1.807, 2.05) is 19.1 Å². The Morgan fingerprint density at radius 1 is 1.10 bits per heavy atom. The molecule has 2 aromatic rings. The SMILES string of the molecule is COC(=O)c1cccc(NC(=O)[C@@H](C)N(c2cc(C)ccc2C)S(C)(=O)=O)c1C. The van der Waals surface area contributed by atoms with Crippen LogP contribution in [0, 0.1) is 20.8 Å². The maximum atomic E-state index is 12.9. The lowest BCUT2D eigenvalue weighted by molar-refractivity contribution is -0.116. The molecule has 8 heteroatoms. The third-order valence-corrected chi connectivity index (χ3v) is 5.92. The molecule has 0 heterocycles. The molecule has 1 N–H and O–H groups in total. The molecule has 29 heavy (non-hydrogen) atoms. The summed E-state index contributed by atoms with van der Waals surface area (Å²) in [5.74, 6) is -1.03. The molecule has 0 unspecified atom stereocenters. The summed E-state index contributed by atoms with van der Waals surface area (Å²) < 4.78 is 30.9. The fraction of sp³-hybridized carbons (Fsp3) is 0.333. The molecule has 0 fully saturated rings. The number of rotatable bonds is 6. The van der Waals surface area contributed by atoms with Crippen LogP contribution >= 0.6 is 0 Å². The zero-order valence-electron chi connectivity index (χ0n) is 17.4. The largest absolute Gasteiger partial charge is 0.465 e. The molecule has 1 atom stereocenters. The van der Waals surface area contributed by atoms with Gasteiger partial charge in [0, 0.05) is 5.69 Å². The Labute approximate surface area is 171 Å². The molecule has 0 saturated heterocycles. The first-order valence-corrected chi connectivity index (χ1v) is 10.9. The number of anilines is 2. The van der Waals surface area contributed by atoms with Crippen LogP contribution in [0.1, 0.15) is 34.0 Å². The van der Waals surface area contributed by atoms with Crippen LogP contribution in [0.4, 0.5) is 11.4 Å². The average Bonchev–Trinajstić information content (AvgIpc) is 2.64. The van der Waals surface area contributed by atoms with Gasteiger partial charge in [0.15, 0.2) is 0 Å². The zero-order valence-corrected chi connectivity index (χ0v) is 18.3. The van der Waals surface area contributed by atoms with Gasteiger partial charge in [0.2, 0.25) is 15.9 Å². The van der Waals surface area contributed by atoms with E-state index in [2.05, 4.69) is 5.32 Å². The normalized spacial score (nSPS) is 12.2. The summed E-state index contributed by atoms with van der Waals surface area (Å²) in [5, 5.41) is 2.73. The fourth-order valence-corrected chi connectivity index (χ4v) is 4.30. The van der Waals surface area contributed by atoms with E-state index in [0.717, 1.165) is 21.7 Å². The minimum Gasteiger partial charge on any atom is -0.465 e. The molecular weight excluding hydrogens is 392 g/mol. The topological polar surface area (TPSA) is 92.8 Å². The van der Waals surface area contributed by atoms with Gasteiger partial charge >= 0.3 is 5.97 Å². The standard InChI is InChI=1S/C21H26N2O5S/c1-13-10-11-14(2)19(12-13)23(29(6,26)27)16(4)20(24)22-18-9-7-8-17(15(18)3)21(25)28-5/h7-12,16H,1-6H3,(H,22,24)/t16-/m1/s1. The van der Waals surface area contributed by atoms with Gasteiger partial charge in [0.25, 0.3) is 0 Å². The monoisotopic (exact) mass is 418 g/mol. The van der Waals surface area contributed by atoms with Crippen LogP contribution in [0.5, 0.6) is 0 Å². The van der Waals surface area contributed by atoms with Gasteiger partial charge in [0.1, 0.15) is 6.04 Å². The van der Waals surface area contributed by atoms with Crippen LogP contribution in [0.3, 0.4) is 0 Å². The number of ether oxygens (including phenoxy) is 1. The van der Waals surface area contributed by atoms with Crippen LogP contribution in [0.25, 0.3) is 0 Å². The molecule has 0 bridgehead atoms. The smallest absolute Gasteiger partial charge is 0.338 e. The van der Waals surface area contributed by atoms with Crippen molar-refractivity contribution in [1.29, 1.82) is 0 Å². The molecular formula is C21H26N2O5S. The fourth-order valence-electron chi connectivity index (χ4n) is 3.08. The second kappa shape index (κ2) is 8.65. The number of hydrogen-bond acceptors (Lipinski definition) is 5. The van der Waals surface area contributed by atoms with Crippen molar-refractivity contribution in [3.8, 4) is 0 Å².